The van der Waals surface area contributed by atoms with E-state index in [2.05, 4.69) is 40.6 Å². The lowest BCUT2D eigenvalue weighted by molar-refractivity contribution is 0.391. The van der Waals surface area contributed by atoms with Crippen LogP contribution in [0.15, 0.2) is 10.6 Å². The van der Waals surface area contributed by atoms with Crippen molar-refractivity contribution in [2.45, 2.75) is 39.7 Å². The minimum atomic E-state index is -0.0130. The van der Waals surface area contributed by atoms with Crippen LogP contribution in [0.25, 0.3) is 0 Å². The topological polar surface area (TPSA) is 63.8 Å². The maximum atomic E-state index is 4.99. The molecule has 0 amide bonds. The number of nitrogens with zero attached hydrogens (tertiary/aromatic N) is 3. The molecule has 0 unspecified atom stereocenters. The monoisotopic (exact) mass is 252 g/mol. The summed E-state index contributed by atoms with van der Waals surface area (Å²) in [6, 6.07) is 1.90. The van der Waals surface area contributed by atoms with Crippen LogP contribution in [0.3, 0.4) is 0 Å². The van der Waals surface area contributed by atoms with Crippen molar-refractivity contribution in [3.05, 3.63) is 23.3 Å². The van der Waals surface area contributed by atoms with Crippen LogP contribution in [0, 0.1) is 6.92 Å². The lowest BCUT2D eigenvalue weighted by Gasteiger charge is -2.12. The van der Waals surface area contributed by atoms with Gasteiger partial charge in [-0.05, 0) is 6.92 Å². The fraction of sp³-hybridized carbons (Fsp3) is 0.545. The van der Waals surface area contributed by atoms with Crippen LogP contribution in [0.2, 0.25) is 0 Å². The van der Waals surface area contributed by atoms with Gasteiger partial charge >= 0.3 is 0 Å². The highest BCUT2D eigenvalue weighted by molar-refractivity contribution is 7.09. The normalized spacial score (nSPS) is 11.8. The van der Waals surface area contributed by atoms with Crippen molar-refractivity contribution in [1.82, 2.24) is 14.5 Å². The van der Waals surface area contributed by atoms with E-state index in [1.54, 1.807) is 0 Å². The predicted molar refractivity (Wildman–Crippen MR) is 67.2 cm³/mol. The number of hydrogen-bond donors (Lipinski definition) is 1. The molecular weight excluding hydrogens is 236 g/mol. The second-order valence-corrected chi connectivity index (χ2v) is 5.71. The molecule has 0 fully saturated rings. The van der Waals surface area contributed by atoms with Gasteiger partial charge in [0.25, 0.3) is 0 Å². The van der Waals surface area contributed by atoms with Gasteiger partial charge in [0.2, 0.25) is 5.13 Å². The fourth-order valence-electron chi connectivity index (χ4n) is 1.27. The molecule has 92 valence electrons. The first-order valence-corrected chi connectivity index (χ1v) is 6.23. The van der Waals surface area contributed by atoms with Crippen molar-refractivity contribution in [2.75, 3.05) is 5.32 Å². The minimum Gasteiger partial charge on any atom is -0.361 e. The molecule has 2 rings (SSSR count). The van der Waals surface area contributed by atoms with Gasteiger partial charge in [-0.1, -0.05) is 25.9 Å². The third-order valence-corrected chi connectivity index (χ3v) is 2.87. The van der Waals surface area contributed by atoms with Gasteiger partial charge in [0.15, 0.2) is 0 Å². The van der Waals surface area contributed by atoms with Crippen LogP contribution in [0.4, 0.5) is 5.13 Å². The van der Waals surface area contributed by atoms with E-state index in [0.717, 1.165) is 22.4 Å². The second kappa shape index (κ2) is 4.44. The molecule has 5 nitrogen and oxygen atoms in total. The van der Waals surface area contributed by atoms with Crippen molar-refractivity contribution in [2.24, 2.45) is 0 Å². The third-order valence-electron chi connectivity index (χ3n) is 2.19. The Balaban J connectivity index is 1.98. The van der Waals surface area contributed by atoms with Crippen molar-refractivity contribution in [3.8, 4) is 0 Å². The highest BCUT2D eigenvalue weighted by Gasteiger charge is 2.19. The zero-order valence-electron chi connectivity index (χ0n) is 10.4. The molecule has 0 spiro atoms. The van der Waals surface area contributed by atoms with Gasteiger partial charge in [0.1, 0.15) is 17.3 Å². The Morgan fingerprint density at radius 2 is 2.18 bits per heavy atom. The number of nitrogens with one attached hydrogen (secondary N) is 1. The molecule has 0 radical (unpaired) electrons. The van der Waals surface area contributed by atoms with Gasteiger partial charge < -0.3 is 9.84 Å². The maximum absolute atomic E-state index is 4.99. The van der Waals surface area contributed by atoms with E-state index in [0.29, 0.717) is 6.54 Å². The molecule has 0 aromatic carbocycles. The number of rotatable bonds is 3. The first kappa shape index (κ1) is 12.0. The lowest BCUT2D eigenvalue weighted by Crippen LogP contribution is -2.13. The fourth-order valence-corrected chi connectivity index (χ4v) is 2.02. The summed E-state index contributed by atoms with van der Waals surface area (Å²) in [6.45, 7) is 8.77. The second-order valence-electron chi connectivity index (χ2n) is 4.96. The molecule has 1 N–H and O–H groups in total. The summed E-state index contributed by atoms with van der Waals surface area (Å²) in [5, 5.41) is 7.91. The summed E-state index contributed by atoms with van der Waals surface area (Å²) in [5.74, 6) is 1.68. The van der Waals surface area contributed by atoms with Crippen LogP contribution in [-0.4, -0.2) is 14.5 Å². The van der Waals surface area contributed by atoms with Gasteiger partial charge in [-0.3, -0.25) is 0 Å². The number of aromatic nitrogens is 3. The molecule has 17 heavy (non-hydrogen) atoms. The summed E-state index contributed by atoms with van der Waals surface area (Å²) in [4.78, 5) is 4.44. The van der Waals surface area contributed by atoms with Crippen LogP contribution in [0.1, 0.15) is 38.0 Å². The molecule has 6 heteroatoms. The van der Waals surface area contributed by atoms with E-state index in [1.165, 1.54) is 11.5 Å². The van der Waals surface area contributed by atoms with Crippen LogP contribution in [-0.2, 0) is 12.0 Å². The Morgan fingerprint density at radius 3 is 2.71 bits per heavy atom. The molecule has 2 aromatic rings. The smallest absolute Gasteiger partial charge is 0.202 e. The van der Waals surface area contributed by atoms with E-state index in [9.17, 15) is 0 Å². The Bertz CT molecular complexity index is 498. The van der Waals surface area contributed by atoms with Crippen molar-refractivity contribution in [1.29, 1.82) is 0 Å². The van der Waals surface area contributed by atoms with E-state index >= 15 is 0 Å². The minimum absolute atomic E-state index is 0.0130. The van der Waals surface area contributed by atoms with E-state index in [1.807, 2.05) is 13.0 Å². The van der Waals surface area contributed by atoms with Crippen molar-refractivity contribution < 1.29 is 4.52 Å². The molecule has 2 heterocycles. The highest BCUT2D eigenvalue weighted by Crippen LogP contribution is 2.23. The Hall–Kier alpha value is -1.43. The number of anilines is 1. The highest BCUT2D eigenvalue weighted by atomic mass is 32.1. The standard InChI is InChI=1S/C11H16N4OS/c1-7-5-8(14-16-7)6-12-10-13-9(15-17-10)11(2,3)4/h5H,6H2,1-4H3,(H,12,13,15). The van der Waals surface area contributed by atoms with Crippen molar-refractivity contribution in [3.63, 3.8) is 0 Å². The first-order chi connectivity index (χ1) is 7.95. The van der Waals surface area contributed by atoms with Gasteiger partial charge in [-0.2, -0.15) is 4.37 Å². The Kier molecular flexibility index (Phi) is 3.15. The molecule has 0 aliphatic carbocycles. The molecule has 2 aromatic heterocycles. The average molecular weight is 252 g/mol. The zero-order valence-corrected chi connectivity index (χ0v) is 11.3. The van der Waals surface area contributed by atoms with Gasteiger partial charge in [-0.25, -0.2) is 4.98 Å². The van der Waals surface area contributed by atoms with E-state index in [-0.39, 0.29) is 5.41 Å². The summed E-state index contributed by atoms with van der Waals surface area (Å²) >= 11 is 1.37. The van der Waals surface area contributed by atoms with Crippen LogP contribution in [0.5, 0.6) is 0 Å². The number of aryl methyl sites for hydroxylation is 1. The summed E-state index contributed by atoms with van der Waals surface area (Å²) < 4.78 is 9.32. The molecule has 0 bridgehead atoms. The van der Waals surface area contributed by atoms with Gasteiger partial charge in [-0.15, -0.1) is 0 Å². The van der Waals surface area contributed by atoms with E-state index < -0.39 is 0 Å². The maximum Gasteiger partial charge on any atom is 0.202 e. The molecule has 0 aliphatic heterocycles. The third kappa shape index (κ3) is 3.03. The number of hydrogen-bond acceptors (Lipinski definition) is 6. The molecule has 0 atom stereocenters. The summed E-state index contributed by atoms with van der Waals surface area (Å²) in [6.07, 6.45) is 0. The molecule has 0 saturated heterocycles. The Labute approximate surface area is 104 Å². The largest absolute Gasteiger partial charge is 0.361 e. The molecule has 0 saturated carbocycles. The van der Waals surface area contributed by atoms with Crippen molar-refractivity contribution >= 4 is 16.7 Å². The van der Waals surface area contributed by atoms with Gasteiger partial charge in [0, 0.05) is 23.0 Å². The molecular formula is C11H16N4OS. The quantitative estimate of drug-likeness (QED) is 0.910. The van der Waals surface area contributed by atoms with Crippen LogP contribution >= 0.6 is 11.5 Å². The predicted octanol–water partition coefficient (Wildman–Crippen LogP) is 2.74. The summed E-state index contributed by atoms with van der Waals surface area (Å²) in [7, 11) is 0. The zero-order chi connectivity index (χ0) is 12.5. The molecule has 0 aliphatic rings. The Morgan fingerprint density at radius 1 is 1.41 bits per heavy atom. The van der Waals surface area contributed by atoms with E-state index in [4.69, 9.17) is 4.52 Å². The summed E-state index contributed by atoms with van der Waals surface area (Å²) in [5.41, 5.74) is 0.857. The van der Waals surface area contributed by atoms with Crippen LogP contribution < -0.4 is 5.32 Å². The lowest BCUT2D eigenvalue weighted by atomic mass is 9.96. The van der Waals surface area contributed by atoms with Gasteiger partial charge in [0.05, 0.1) is 6.54 Å². The SMILES string of the molecule is Cc1cc(CNc2nc(C(C)(C)C)ns2)no1. The average Bonchev–Trinajstić information content (AvgIpc) is 2.82. The first-order valence-electron chi connectivity index (χ1n) is 5.45.